The molecular weight excluding hydrogens is 683 g/mol. The number of benzene rings is 2. The number of anilines is 1. The molecule has 0 bridgehead atoms. The Morgan fingerprint density at radius 3 is 2.42 bits per heavy atom. The second-order valence-electron chi connectivity index (χ2n) is 15.5. The highest BCUT2D eigenvalue weighted by molar-refractivity contribution is 7.89. The summed E-state index contributed by atoms with van der Waals surface area (Å²) in [6.07, 6.45) is 4.75. The second kappa shape index (κ2) is 15.5. The van der Waals surface area contributed by atoms with Crippen molar-refractivity contribution in [3.63, 3.8) is 0 Å². The number of carbonyl (C=O) groups is 3. The van der Waals surface area contributed by atoms with Gasteiger partial charge in [-0.15, -0.1) is 0 Å². The molecule has 3 fully saturated rings. The third kappa shape index (κ3) is 8.78. The molecule has 3 aliphatic rings. The smallest absolute Gasteiger partial charge is 0.407 e. The van der Waals surface area contributed by atoms with Crippen LogP contribution < -0.4 is 15.5 Å². The van der Waals surface area contributed by atoms with E-state index in [1.807, 2.05) is 50.7 Å². The van der Waals surface area contributed by atoms with Crippen molar-refractivity contribution in [2.75, 3.05) is 44.2 Å². The van der Waals surface area contributed by atoms with E-state index in [9.17, 15) is 22.8 Å². The fraction of sp³-hybridized carbons (Fsp3) is 0.579. The normalized spacial score (nSPS) is 19.5. The van der Waals surface area contributed by atoms with Crippen LogP contribution >= 0.6 is 0 Å². The van der Waals surface area contributed by atoms with Gasteiger partial charge in [-0.25, -0.2) is 18.0 Å². The number of rotatable bonds is 10. The Hall–Kier alpha value is -4.01. The third-order valence-electron chi connectivity index (χ3n) is 10.6. The summed E-state index contributed by atoms with van der Waals surface area (Å²) in [5, 5.41) is 10.8. The summed E-state index contributed by atoms with van der Waals surface area (Å²) in [6, 6.07) is 13.3. The number of hydrogen-bond donors (Lipinski definition) is 2. The number of ether oxygens (including phenoxy) is 1. The zero-order chi connectivity index (χ0) is 37.2. The maximum Gasteiger partial charge on any atom is 0.407 e. The van der Waals surface area contributed by atoms with Gasteiger partial charge in [-0.05, 0) is 113 Å². The van der Waals surface area contributed by atoms with Gasteiger partial charge in [0, 0.05) is 51.1 Å². The van der Waals surface area contributed by atoms with Gasteiger partial charge >= 0.3 is 12.1 Å². The summed E-state index contributed by atoms with van der Waals surface area (Å²) in [5.74, 6) is 1.14. The molecule has 1 aromatic heterocycles. The van der Waals surface area contributed by atoms with Crippen LogP contribution in [-0.4, -0.2) is 96.3 Å². The Morgan fingerprint density at radius 2 is 1.75 bits per heavy atom. The highest BCUT2D eigenvalue weighted by atomic mass is 32.2. The van der Waals surface area contributed by atoms with Gasteiger partial charge in [-0.2, -0.15) is 9.40 Å². The Labute approximate surface area is 307 Å². The average molecular weight is 736 g/mol. The van der Waals surface area contributed by atoms with Crippen molar-refractivity contribution >= 4 is 44.8 Å². The Bertz CT molecular complexity index is 1890. The Balaban J connectivity index is 1.01. The van der Waals surface area contributed by atoms with Crippen molar-refractivity contribution in [2.24, 2.45) is 13.0 Å². The summed E-state index contributed by atoms with van der Waals surface area (Å²) < 4.78 is 36.0. The SMILES string of the molecule is CCC(Cc1cccc(S(=O)(=O)N2CCC(NC(=O)OC(C)(C)C)CC2)c1)CN1CCC(c2ccc3c(N4CCC(=O)NC4=O)nn(C)c3c2)CC1. The fourth-order valence-electron chi connectivity index (χ4n) is 7.66. The highest BCUT2D eigenvalue weighted by Crippen LogP contribution is 2.34. The molecule has 3 saturated heterocycles. The fourth-order valence-corrected chi connectivity index (χ4v) is 9.20. The van der Waals surface area contributed by atoms with Crippen LogP contribution in [0, 0.1) is 5.92 Å². The predicted octanol–water partition coefficient (Wildman–Crippen LogP) is 5.15. The molecule has 0 saturated carbocycles. The molecule has 1 atom stereocenters. The number of aromatic nitrogens is 2. The number of carbonyl (C=O) groups excluding carboxylic acids is 3. The van der Waals surface area contributed by atoms with E-state index in [1.165, 1.54) is 9.87 Å². The van der Waals surface area contributed by atoms with Crippen LogP contribution in [0.25, 0.3) is 10.9 Å². The van der Waals surface area contributed by atoms with E-state index >= 15 is 0 Å². The molecule has 282 valence electrons. The molecule has 13 nitrogen and oxygen atoms in total. The second-order valence-corrected chi connectivity index (χ2v) is 17.4. The first-order chi connectivity index (χ1) is 24.7. The van der Waals surface area contributed by atoms with Crippen LogP contribution in [0.2, 0.25) is 0 Å². The van der Waals surface area contributed by atoms with E-state index in [-0.39, 0.29) is 18.4 Å². The van der Waals surface area contributed by atoms with E-state index in [0.29, 0.717) is 55.0 Å². The molecule has 1 unspecified atom stereocenters. The molecule has 0 aliphatic carbocycles. The van der Waals surface area contributed by atoms with E-state index < -0.39 is 27.7 Å². The van der Waals surface area contributed by atoms with Gasteiger partial charge in [0.05, 0.1) is 10.4 Å². The van der Waals surface area contributed by atoms with Gasteiger partial charge in [-0.3, -0.25) is 19.7 Å². The van der Waals surface area contributed by atoms with Crippen molar-refractivity contribution in [2.45, 2.75) is 95.1 Å². The molecule has 3 aliphatic heterocycles. The molecule has 14 heteroatoms. The first kappa shape index (κ1) is 37.7. The number of piperidine rings is 2. The minimum Gasteiger partial charge on any atom is -0.444 e. The molecule has 2 aromatic carbocycles. The van der Waals surface area contributed by atoms with Crippen LogP contribution in [0.5, 0.6) is 0 Å². The quantitative estimate of drug-likeness (QED) is 0.291. The van der Waals surface area contributed by atoms with Crippen LogP contribution in [0.15, 0.2) is 47.4 Å². The molecule has 3 aromatic rings. The van der Waals surface area contributed by atoms with Gasteiger partial charge in [0.2, 0.25) is 15.9 Å². The molecule has 52 heavy (non-hydrogen) atoms. The number of fused-ring (bicyclic) bond motifs is 1. The number of imide groups is 1. The van der Waals surface area contributed by atoms with Crippen molar-refractivity contribution in [1.82, 2.24) is 29.6 Å². The summed E-state index contributed by atoms with van der Waals surface area (Å²) >= 11 is 0. The maximum absolute atomic E-state index is 13.6. The summed E-state index contributed by atoms with van der Waals surface area (Å²) in [6.45, 7) is 11.6. The molecule has 2 N–H and O–H groups in total. The molecule has 6 rings (SSSR count). The van der Waals surface area contributed by atoms with Crippen LogP contribution in [0.4, 0.5) is 15.4 Å². The van der Waals surface area contributed by atoms with Gasteiger partial charge in [0.1, 0.15) is 5.60 Å². The lowest BCUT2D eigenvalue weighted by atomic mass is 9.88. The number of hydrogen-bond acceptors (Lipinski definition) is 8. The average Bonchev–Trinajstić information content (AvgIpc) is 3.42. The number of urea groups is 1. The van der Waals surface area contributed by atoms with Crippen LogP contribution in [0.3, 0.4) is 0 Å². The Kier molecular flexibility index (Phi) is 11.3. The number of nitrogens with zero attached hydrogens (tertiary/aromatic N) is 5. The number of amides is 4. The number of sulfonamides is 1. The first-order valence-electron chi connectivity index (χ1n) is 18.6. The van der Waals surface area contributed by atoms with Crippen molar-refractivity contribution in [1.29, 1.82) is 0 Å². The summed E-state index contributed by atoms with van der Waals surface area (Å²) in [7, 11) is -1.77. The Morgan fingerprint density at radius 1 is 1.02 bits per heavy atom. The van der Waals surface area contributed by atoms with Gasteiger partial charge in [0.15, 0.2) is 5.82 Å². The minimum atomic E-state index is -3.65. The van der Waals surface area contributed by atoms with Gasteiger partial charge in [0.25, 0.3) is 0 Å². The lowest BCUT2D eigenvalue weighted by Gasteiger charge is -2.34. The van der Waals surface area contributed by atoms with Gasteiger partial charge < -0.3 is 15.0 Å². The number of alkyl carbamates (subject to hydrolysis) is 1. The number of aryl methyl sites for hydroxylation is 1. The molecule has 0 radical (unpaired) electrons. The molecular formula is C38H53N7O6S. The highest BCUT2D eigenvalue weighted by Gasteiger charge is 2.32. The van der Waals surface area contributed by atoms with Crippen LogP contribution in [-0.2, 0) is 33.0 Å². The monoisotopic (exact) mass is 735 g/mol. The van der Waals surface area contributed by atoms with Crippen molar-refractivity contribution < 1.29 is 27.5 Å². The number of nitrogens with one attached hydrogen (secondary N) is 2. The predicted molar refractivity (Wildman–Crippen MR) is 200 cm³/mol. The zero-order valence-corrected chi connectivity index (χ0v) is 31.9. The van der Waals surface area contributed by atoms with Crippen molar-refractivity contribution in [3.8, 4) is 0 Å². The van der Waals surface area contributed by atoms with E-state index in [4.69, 9.17) is 4.74 Å². The van der Waals surface area contributed by atoms with Crippen LogP contribution in [0.1, 0.15) is 83.3 Å². The van der Waals surface area contributed by atoms with E-state index in [2.05, 4.69) is 45.8 Å². The van der Waals surface area contributed by atoms with E-state index in [0.717, 1.165) is 61.8 Å². The molecule has 4 heterocycles. The lowest BCUT2D eigenvalue weighted by Crippen LogP contribution is -2.49. The summed E-state index contributed by atoms with van der Waals surface area (Å²) in [4.78, 5) is 40.7. The molecule has 4 amide bonds. The summed E-state index contributed by atoms with van der Waals surface area (Å²) in [5.41, 5.74) is 2.68. The first-order valence-corrected chi connectivity index (χ1v) is 20.0. The third-order valence-corrected chi connectivity index (χ3v) is 12.4. The zero-order valence-electron chi connectivity index (χ0n) is 31.1. The standard InChI is InChI=1S/C38H53N7O6S/c1-6-26(22-27-8-7-9-31(23-27)52(49,50)44-19-14-30(15-20-44)39-37(48)51-38(2,3)4)25-43-17-12-28(13-18-43)29-10-11-32-33(24-29)42(5)41-35(32)45-21-16-34(46)40-36(45)47/h7-11,23-24,26,28,30H,6,12-22,25H2,1-5H3,(H,39,48)(H,40,46,47). The minimum absolute atomic E-state index is 0.119. The van der Waals surface area contributed by atoms with Crippen molar-refractivity contribution in [3.05, 3.63) is 53.6 Å². The largest absolute Gasteiger partial charge is 0.444 e. The maximum atomic E-state index is 13.6. The molecule has 0 spiro atoms. The number of likely N-dealkylation sites (tertiary alicyclic amines) is 1. The van der Waals surface area contributed by atoms with Gasteiger partial charge in [-0.1, -0.05) is 31.5 Å². The topological polar surface area (TPSA) is 146 Å². The lowest BCUT2D eigenvalue weighted by molar-refractivity contribution is -0.120. The van der Waals surface area contributed by atoms with E-state index in [1.54, 1.807) is 11.0 Å².